The zero-order chi connectivity index (χ0) is 16.1. The van der Waals surface area contributed by atoms with Gasteiger partial charge in [0.15, 0.2) is 0 Å². The summed E-state index contributed by atoms with van der Waals surface area (Å²) in [6.45, 7) is 11.8. The second-order valence-corrected chi connectivity index (χ2v) is 7.59. The van der Waals surface area contributed by atoms with Crippen molar-refractivity contribution in [2.24, 2.45) is 17.8 Å². The summed E-state index contributed by atoms with van der Waals surface area (Å²) >= 11 is 0. The van der Waals surface area contributed by atoms with Crippen molar-refractivity contribution in [1.82, 2.24) is 0 Å². The maximum atomic E-state index is 8.83. The molecule has 130 valence electrons. The Hall–Kier alpha value is 0.622. The van der Waals surface area contributed by atoms with E-state index in [-0.39, 0.29) is 33.9 Å². The van der Waals surface area contributed by atoms with Crippen molar-refractivity contribution in [3.8, 4) is 0 Å². The Morgan fingerprint density at radius 3 is 1.73 bits per heavy atom. The van der Waals surface area contributed by atoms with Crippen LogP contribution < -0.4 is 0 Å². The third-order valence-electron chi connectivity index (χ3n) is 4.58. The van der Waals surface area contributed by atoms with Crippen LogP contribution in [0, 0.1) is 17.8 Å². The number of hydrogen-bond donors (Lipinski definition) is 1. The van der Waals surface area contributed by atoms with Crippen molar-refractivity contribution in [2.45, 2.75) is 92.4 Å². The van der Waals surface area contributed by atoms with Gasteiger partial charge in [0.25, 0.3) is 0 Å². The molecule has 1 N–H and O–H groups in total. The molecule has 0 heterocycles. The van der Waals surface area contributed by atoms with E-state index < -0.39 is 0 Å². The number of aliphatic hydroxyl groups excluding tert-OH is 1. The van der Waals surface area contributed by atoms with E-state index in [2.05, 4.69) is 34.6 Å². The molecule has 22 heavy (non-hydrogen) atoms. The number of allylic oxidation sites excluding steroid dienone is 1. The van der Waals surface area contributed by atoms with Gasteiger partial charge in [-0.3, -0.25) is 0 Å². The standard InChI is InChI=1S/C20H40O.Pb/c1-17(2)9-6-10-18(3)11-7-12-19(4)13-8-14-20(5)15-16-21;/h15,17-19,21H,6-14,16H2,1-5H3;/b20-15+;/t18-,19-;/m1./s1. The number of aliphatic hydroxyl groups is 1. The molecule has 0 saturated heterocycles. The topological polar surface area (TPSA) is 20.2 Å². The molecule has 0 bridgehead atoms. The van der Waals surface area contributed by atoms with Gasteiger partial charge in [0.05, 0.1) is 6.61 Å². The molecule has 0 amide bonds. The molecule has 0 aliphatic heterocycles. The molecule has 4 radical (unpaired) electrons. The summed E-state index contributed by atoms with van der Waals surface area (Å²) in [5.41, 5.74) is 1.34. The zero-order valence-corrected chi connectivity index (χ0v) is 19.7. The molecule has 0 saturated carbocycles. The van der Waals surface area contributed by atoms with Gasteiger partial charge in [-0.25, -0.2) is 0 Å². The number of rotatable bonds is 13. The Bertz CT molecular complexity index is 260. The van der Waals surface area contributed by atoms with Gasteiger partial charge >= 0.3 is 0 Å². The maximum Gasteiger partial charge on any atom is 0.0614 e. The number of hydrogen-bond acceptors (Lipinski definition) is 1. The SMILES string of the molecule is C/C(=C\CO)CCC[C@H](C)CCC[C@H](C)CCCC(C)C.[Pb]. The van der Waals surface area contributed by atoms with Gasteiger partial charge in [-0.1, -0.05) is 84.3 Å². The first-order chi connectivity index (χ1) is 9.95. The summed E-state index contributed by atoms with van der Waals surface area (Å²) in [5.74, 6) is 2.63. The zero-order valence-electron chi connectivity index (χ0n) is 15.8. The Balaban J connectivity index is 0. The summed E-state index contributed by atoms with van der Waals surface area (Å²) < 4.78 is 0. The van der Waals surface area contributed by atoms with E-state index in [0.717, 1.165) is 24.2 Å². The van der Waals surface area contributed by atoms with E-state index in [1.165, 1.54) is 56.9 Å². The summed E-state index contributed by atoms with van der Waals surface area (Å²) in [6, 6.07) is 0. The van der Waals surface area contributed by atoms with Crippen molar-refractivity contribution in [1.29, 1.82) is 0 Å². The predicted molar refractivity (Wildman–Crippen MR) is 101 cm³/mol. The van der Waals surface area contributed by atoms with Crippen LogP contribution in [0.25, 0.3) is 0 Å². The minimum atomic E-state index is 0. The third kappa shape index (κ3) is 17.0. The van der Waals surface area contributed by atoms with Gasteiger partial charge in [-0.2, -0.15) is 0 Å². The van der Waals surface area contributed by atoms with Crippen LogP contribution in [0.1, 0.15) is 92.4 Å². The monoisotopic (exact) mass is 504 g/mol. The molecule has 0 aromatic carbocycles. The summed E-state index contributed by atoms with van der Waals surface area (Å²) in [5, 5.41) is 8.83. The normalized spacial score (nSPS) is 14.8. The van der Waals surface area contributed by atoms with Crippen LogP contribution in [-0.2, 0) is 0 Å². The van der Waals surface area contributed by atoms with Crippen LogP contribution in [0.15, 0.2) is 11.6 Å². The van der Waals surface area contributed by atoms with E-state index in [1.54, 1.807) is 0 Å². The van der Waals surface area contributed by atoms with Crippen molar-refractivity contribution in [3.05, 3.63) is 11.6 Å². The van der Waals surface area contributed by atoms with Crippen LogP contribution in [0.5, 0.6) is 0 Å². The van der Waals surface area contributed by atoms with Crippen LogP contribution in [0.4, 0.5) is 0 Å². The summed E-state index contributed by atoms with van der Waals surface area (Å²) in [4.78, 5) is 0. The Kier molecular flexibility index (Phi) is 18.6. The molecule has 0 spiro atoms. The molecule has 0 aliphatic carbocycles. The predicted octanol–water partition coefficient (Wildman–Crippen LogP) is 5.98. The second-order valence-electron chi connectivity index (χ2n) is 7.59. The first-order valence-electron chi connectivity index (χ1n) is 9.22. The third-order valence-corrected chi connectivity index (χ3v) is 4.58. The maximum absolute atomic E-state index is 8.83. The first-order valence-corrected chi connectivity index (χ1v) is 9.22. The van der Waals surface area contributed by atoms with Crippen molar-refractivity contribution >= 4 is 27.3 Å². The van der Waals surface area contributed by atoms with Gasteiger partial charge in [0, 0.05) is 27.3 Å². The summed E-state index contributed by atoms with van der Waals surface area (Å²) in [7, 11) is 0. The second kappa shape index (κ2) is 16.5. The van der Waals surface area contributed by atoms with Crippen molar-refractivity contribution in [3.63, 3.8) is 0 Å². The van der Waals surface area contributed by atoms with Crippen molar-refractivity contribution in [2.75, 3.05) is 6.61 Å². The summed E-state index contributed by atoms with van der Waals surface area (Å²) in [6.07, 6.45) is 14.1. The molecule has 0 aromatic rings. The molecule has 0 unspecified atom stereocenters. The average Bonchev–Trinajstić information content (AvgIpc) is 2.38. The average molecular weight is 504 g/mol. The molecule has 1 nitrogen and oxygen atoms in total. The fourth-order valence-corrected chi connectivity index (χ4v) is 2.97. The fourth-order valence-electron chi connectivity index (χ4n) is 2.97. The molecule has 0 rings (SSSR count). The molecule has 0 aromatic heterocycles. The van der Waals surface area contributed by atoms with Gasteiger partial charge < -0.3 is 5.11 Å². The van der Waals surface area contributed by atoms with Crippen molar-refractivity contribution < 1.29 is 5.11 Å². The smallest absolute Gasteiger partial charge is 0.0614 e. The van der Waals surface area contributed by atoms with Crippen LogP contribution in [-0.4, -0.2) is 39.0 Å². The van der Waals surface area contributed by atoms with Gasteiger partial charge in [0.1, 0.15) is 0 Å². The molecule has 2 heteroatoms. The largest absolute Gasteiger partial charge is 0.392 e. The minimum absolute atomic E-state index is 0. The van der Waals surface area contributed by atoms with Gasteiger partial charge in [0.2, 0.25) is 0 Å². The van der Waals surface area contributed by atoms with Crippen LogP contribution in [0.2, 0.25) is 0 Å². The first kappa shape index (κ1) is 24.9. The minimum Gasteiger partial charge on any atom is -0.392 e. The quantitative estimate of drug-likeness (QED) is 0.242. The fraction of sp³-hybridized carbons (Fsp3) is 0.900. The molecular formula is C20H40OPb. The van der Waals surface area contributed by atoms with Crippen LogP contribution >= 0.6 is 0 Å². The van der Waals surface area contributed by atoms with E-state index in [1.807, 2.05) is 6.08 Å². The van der Waals surface area contributed by atoms with E-state index in [4.69, 9.17) is 5.11 Å². The molecule has 2 atom stereocenters. The van der Waals surface area contributed by atoms with Crippen LogP contribution in [0.3, 0.4) is 0 Å². The van der Waals surface area contributed by atoms with E-state index in [0.29, 0.717) is 0 Å². The Morgan fingerprint density at radius 1 is 0.818 bits per heavy atom. The molecule has 0 fully saturated rings. The Labute approximate surface area is 160 Å². The molecular weight excluding hydrogens is 463 g/mol. The molecule has 0 aliphatic rings. The Morgan fingerprint density at radius 2 is 1.27 bits per heavy atom. The van der Waals surface area contributed by atoms with E-state index in [9.17, 15) is 0 Å². The van der Waals surface area contributed by atoms with E-state index >= 15 is 0 Å². The van der Waals surface area contributed by atoms with Gasteiger partial charge in [-0.05, 0) is 37.5 Å². The van der Waals surface area contributed by atoms with Gasteiger partial charge in [-0.15, -0.1) is 0 Å².